The van der Waals surface area contributed by atoms with Crippen molar-refractivity contribution in [2.24, 2.45) is 11.8 Å². The van der Waals surface area contributed by atoms with E-state index in [-0.39, 0.29) is 12.0 Å². The fourth-order valence-corrected chi connectivity index (χ4v) is 6.78. The van der Waals surface area contributed by atoms with E-state index in [0.717, 1.165) is 63.1 Å². The molecule has 1 N–H and O–H groups in total. The van der Waals surface area contributed by atoms with Crippen LogP contribution in [0.3, 0.4) is 0 Å². The molecule has 0 radical (unpaired) electrons. The number of nitrogens with zero attached hydrogens (tertiary/aromatic N) is 6. The van der Waals surface area contributed by atoms with Crippen molar-refractivity contribution in [1.82, 2.24) is 29.7 Å². The second-order valence-corrected chi connectivity index (χ2v) is 13.7. The zero-order valence-corrected chi connectivity index (χ0v) is 27.5. The van der Waals surface area contributed by atoms with Crippen LogP contribution < -0.4 is 10.2 Å². The minimum atomic E-state index is -0.465. The van der Waals surface area contributed by atoms with Crippen LogP contribution in [0.15, 0.2) is 61.2 Å². The number of hydrogen-bond acceptors (Lipinski definition) is 7. The van der Waals surface area contributed by atoms with Gasteiger partial charge < -0.3 is 24.4 Å². The number of hydrogen-bond donors (Lipinski definition) is 1. The Balaban J connectivity index is 1.07. The van der Waals surface area contributed by atoms with Gasteiger partial charge in [-0.25, -0.2) is 19.7 Å². The third kappa shape index (κ3) is 7.61. The molecular weight excluding hydrogens is 602 g/mol. The van der Waals surface area contributed by atoms with Gasteiger partial charge in [0, 0.05) is 68.5 Å². The minimum Gasteiger partial charge on any atom is -0.444 e. The highest BCUT2D eigenvalue weighted by molar-refractivity contribution is 6.32. The largest absolute Gasteiger partial charge is 0.444 e. The smallest absolute Gasteiger partial charge is 0.410 e. The average Bonchev–Trinajstić information content (AvgIpc) is 3.57. The first-order valence-corrected chi connectivity index (χ1v) is 16.6. The minimum absolute atomic E-state index is 0.167. The van der Waals surface area contributed by atoms with Crippen molar-refractivity contribution >= 4 is 40.3 Å². The lowest BCUT2D eigenvalue weighted by molar-refractivity contribution is 0.0152. The summed E-state index contributed by atoms with van der Waals surface area (Å²) in [7, 11) is 0. The van der Waals surface area contributed by atoms with Crippen LogP contribution in [0, 0.1) is 11.8 Å². The lowest BCUT2D eigenvalue weighted by Crippen LogP contribution is -2.44. The van der Waals surface area contributed by atoms with Crippen LogP contribution in [0.1, 0.15) is 56.8 Å². The van der Waals surface area contributed by atoms with Crippen molar-refractivity contribution in [2.75, 3.05) is 37.6 Å². The number of imidazole rings is 1. The lowest BCUT2D eigenvalue weighted by atomic mass is 9.79. The zero-order chi connectivity index (χ0) is 32.3. The molecule has 46 heavy (non-hydrogen) atoms. The van der Waals surface area contributed by atoms with Gasteiger partial charge in [-0.1, -0.05) is 23.7 Å². The van der Waals surface area contributed by atoms with Gasteiger partial charge in [0.1, 0.15) is 11.3 Å². The van der Waals surface area contributed by atoms with E-state index in [0.29, 0.717) is 52.4 Å². The predicted octanol–water partition coefficient (Wildman–Crippen LogP) is 6.44. The Kier molecular flexibility index (Phi) is 9.44. The summed E-state index contributed by atoms with van der Waals surface area (Å²) in [6.45, 7) is 10.4. The molecule has 2 aliphatic rings. The predicted molar refractivity (Wildman–Crippen MR) is 180 cm³/mol. The monoisotopic (exact) mass is 643 g/mol. The maximum atomic E-state index is 12.8. The summed E-state index contributed by atoms with van der Waals surface area (Å²) in [5.74, 6) is 1.14. The quantitative estimate of drug-likeness (QED) is 0.247. The van der Waals surface area contributed by atoms with Gasteiger partial charge in [-0.05, 0) is 88.6 Å². The number of anilines is 1. The number of piperidine rings is 2. The Morgan fingerprint density at radius 3 is 2.39 bits per heavy atom. The van der Waals surface area contributed by atoms with Gasteiger partial charge >= 0.3 is 6.09 Å². The number of ether oxygens (including phenoxy) is 1. The molecule has 2 aromatic heterocycles. The van der Waals surface area contributed by atoms with E-state index in [1.807, 2.05) is 48.6 Å². The first-order valence-electron chi connectivity index (χ1n) is 16.2. The van der Waals surface area contributed by atoms with E-state index < -0.39 is 5.60 Å². The van der Waals surface area contributed by atoms with Crippen LogP contribution in [-0.4, -0.2) is 74.7 Å². The summed E-state index contributed by atoms with van der Waals surface area (Å²) in [5.41, 5.74) is 3.94. The van der Waals surface area contributed by atoms with Crippen molar-refractivity contribution in [3.8, 4) is 11.3 Å². The van der Waals surface area contributed by atoms with E-state index >= 15 is 0 Å². The molecule has 2 amide bonds. The summed E-state index contributed by atoms with van der Waals surface area (Å²) < 4.78 is 7.49. The third-order valence-corrected chi connectivity index (χ3v) is 9.24. The summed E-state index contributed by atoms with van der Waals surface area (Å²) in [6, 6.07) is 13.6. The van der Waals surface area contributed by atoms with Gasteiger partial charge in [0.15, 0.2) is 5.15 Å². The number of amides is 2. The Morgan fingerprint density at radius 2 is 1.70 bits per heavy atom. The Bertz CT molecular complexity index is 1670. The number of fused-ring (bicyclic) bond motifs is 1. The molecule has 0 spiro atoms. The van der Waals surface area contributed by atoms with E-state index in [2.05, 4.69) is 32.3 Å². The van der Waals surface area contributed by atoms with E-state index in [4.69, 9.17) is 21.3 Å². The average molecular weight is 644 g/mol. The molecule has 0 aliphatic carbocycles. The molecule has 0 saturated carbocycles. The normalized spacial score (nSPS) is 16.5. The molecule has 10 nitrogen and oxygen atoms in total. The number of aromatic nitrogens is 4. The van der Waals surface area contributed by atoms with Gasteiger partial charge in [-0.2, -0.15) is 0 Å². The fourth-order valence-electron chi connectivity index (χ4n) is 6.54. The van der Waals surface area contributed by atoms with Crippen molar-refractivity contribution in [3.05, 3.63) is 71.9 Å². The van der Waals surface area contributed by atoms with Crippen LogP contribution in [-0.2, 0) is 11.3 Å². The van der Waals surface area contributed by atoms with Gasteiger partial charge in [0.25, 0.3) is 5.91 Å². The van der Waals surface area contributed by atoms with Crippen molar-refractivity contribution in [3.63, 3.8) is 0 Å². The van der Waals surface area contributed by atoms with E-state index in [1.54, 1.807) is 30.7 Å². The van der Waals surface area contributed by atoms with Crippen LogP contribution in [0.25, 0.3) is 22.3 Å². The molecule has 0 atom stereocenters. The number of carbonyl (C=O) groups excluding carboxylic acids is 2. The zero-order valence-electron chi connectivity index (χ0n) is 26.8. The molecule has 2 aromatic carbocycles. The molecule has 0 bridgehead atoms. The van der Waals surface area contributed by atoms with E-state index in [1.165, 1.54) is 0 Å². The Labute approximate surface area is 275 Å². The summed E-state index contributed by atoms with van der Waals surface area (Å²) in [4.78, 5) is 43.1. The molecule has 4 heterocycles. The van der Waals surface area contributed by atoms with Gasteiger partial charge in [0.05, 0.1) is 17.4 Å². The second-order valence-electron chi connectivity index (χ2n) is 13.3. The molecule has 11 heteroatoms. The SMILES string of the molecule is CC(C)(C)OC(=O)N1CCC(C2CCN(c3cccc(-c4nc5cc(C(=O)NCCn6ccnc6)ccc5nc4Cl)c3)CC2)CC1. The molecule has 242 valence electrons. The van der Waals surface area contributed by atoms with Crippen molar-refractivity contribution in [1.29, 1.82) is 0 Å². The molecule has 2 saturated heterocycles. The van der Waals surface area contributed by atoms with Crippen molar-refractivity contribution in [2.45, 2.75) is 58.6 Å². The number of nitrogens with one attached hydrogen (secondary N) is 1. The van der Waals surface area contributed by atoms with Gasteiger partial charge in [-0.3, -0.25) is 4.79 Å². The summed E-state index contributed by atoms with van der Waals surface area (Å²) in [5, 5.41) is 3.28. The standard InChI is InChI=1S/C35H42ClN7O3/c1-35(2,3)46-34(45)43-17-11-25(12-18-43)24-9-15-42(16-10-24)28-6-4-5-26(21-28)31-32(36)40-29-8-7-27(22-30(29)39-31)33(44)38-14-20-41-19-13-37-23-41/h4-8,13,19,21-25H,9-12,14-18,20H2,1-3H3,(H,38,44). The maximum Gasteiger partial charge on any atom is 0.410 e. The molecule has 4 aromatic rings. The Hall–Kier alpha value is -4.18. The fraction of sp³-hybridized carbons (Fsp3) is 0.457. The number of benzene rings is 2. The van der Waals surface area contributed by atoms with Crippen molar-refractivity contribution < 1.29 is 14.3 Å². The number of likely N-dealkylation sites (tertiary alicyclic amines) is 1. The highest BCUT2D eigenvalue weighted by Gasteiger charge is 2.32. The lowest BCUT2D eigenvalue weighted by Gasteiger charge is -2.41. The summed E-state index contributed by atoms with van der Waals surface area (Å²) in [6.07, 6.45) is 9.44. The van der Waals surface area contributed by atoms with Gasteiger partial charge in [0.2, 0.25) is 0 Å². The number of rotatable bonds is 7. The van der Waals surface area contributed by atoms with Gasteiger partial charge in [-0.15, -0.1) is 0 Å². The van der Waals surface area contributed by atoms with Crippen LogP contribution in [0.4, 0.5) is 10.5 Å². The molecular formula is C35H42ClN7O3. The second kappa shape index (κ2) is 13.7. The third-order valence-electron chi connectivity index (χ3n) is 8.98. The van der Waals surface area contributed by atoms with E-state index in [9.17, 15) is 9.59 Å². The number of halogens is 1. The number of carbonyl (C=O) groups is 2. The van der Waals surface area contributed by atoms with Crippen LogP contribution >= 0.6 is 11.6 Å². The molecule has 6 rings (SSSR count). The maximum absolute atomic E-state index is 12.8. The first-order chi connectivity index (χ1) is 22.1. The Morgan fingerprint density at radius 1 is 0.957 bits per heavy atom. The molecule has 0 unspecified atom stereocenters. The highest BCUT2D eigenvalue weighted by atomic mass is 35.5. The molecule has 2 aliphatic heterocycles. The first kappa shape index (κ1) is 31.8. The highest BCUT2D eigenvalue weighted by Crippen LogP contribution is 2.36. The van der Waals surface area contributed by atoms with Crippen LogP contribution in [0.5, 0.6) is 0 Å². The topological polar surface area (TPSA) is 105 Å². The summed E-state index contributed by atoms with van der Waals surface area (Å²) >= 11 is 6.66. The molecule has 2 fully saturated rings. The van der Waals surface area contributed by atoms with Crippen LogP contribution in [0.2, 0.25) is 5.15 Å².